The first kappa shape index (κ1) is 10.9. The van der Waals surface area contributed by atoms with E-state index in [2.05, 4.69) is 20.3 Å². The molecule has 0 bridgehead atoms. The molecular weight excluding hydrogens is 227 g/mol. The Morgan fingerprint density at radius 2 is 1.94 bits per heavy atom. The normalized spacial score (nSPS) is 11.4. The molecule has 0 saturated heterocycles. The molecule has 0 amide bonds. The van der Waals surface area contributed by atoms with E-state index in [4.69, 9.17) is 0 Å². The Labute approximate surface area is 96.6 Å². The van der Waals surface area contributed by atoms with Gasteiger partial charge in [-0.1, -0.05) is 0 Å². The standard InChI is InChI=1S/C10H11FN4S/c1-10(2,8-12-3-4-16-8)15-9-13-5-7(11)6-14-9/h3-6H,1-2H3,(H,13,14,15). The Balaban J connectivity index is 2.18. The highest BCUT2D eigenvalue weighted by Gasteiger charge is 2.23. The number of aromatic nitrogens is 3. The maximum absolute atomic E-state index is 12.6. The van der Waals surface area contributed by atoms with Gasteiger partial charge in [0.25, 0.3) is 0 Å². The monoisotopic (exact) mass is 238 g/mol. The van der Waals surface area contributed by atoms with Crippen LogP contribution in [-0.2, 0) is 5.54 Å². The fourth-order valence-electron chi connectivity index (χ4n) is 1.24. The van der Waals surface area contributed by atoms with Crippen molar-refractivity contribution in [1.82, 2.24) is 15.0 Å². The molecule has 2 aromatic heterocycles. The molecule has 2 aromatic rings. The van der Waals surface area contributed by atoms with E-state index in [0.29, 0.717) is 5.95 Å². The van der Waals surface area contributed by atoms with E-state index in [0.717, 1.165) is 17.4 Å². The van der Waals surface area contributed by atoms with Gasteiger partial charge in [-0.2, -0.15) is 0 Å². The van der Waals surface area contributed by atoms with Gasteiger partial charge in [-0.25, -0.2) is 19.3 Å². The van der Waals surface area contributed by atoms with Crippen molar-refractivity contribution in [2.45, 2.75) is 19.4 Å². The SMILES string of the molecule is CC(C)(Nc1ncc(F)cn1)c1nccs1. The number of rotatable bonds is 3. The molecule has 6 heteroatoms. The highest BCUT2D eigenvalue weighted by Crippen LogP contribution is 2.25. The lowest BCUT2D eigenvalue weighted by molar-refractivity contribution is 0.587. The smallest absolute Gasteiger partial charge is 0.223 e. The third-order valence-electron chi connectivity index (χ3n) is 2.01. The molecule has 0 aliphatic rings. The molecule has 2 heterocycles. The second-order valence-electron chi connectivity index (χ2n) is 3.81. The van der Waals surface area contributed by atoms with Crippen molar-refractivity contribution in [2.24, 2.45) is 0 Å². The van der Waals surface area contributed by atoms with Gasteiger partial charge in [0, 0.05) is 11.6 Å². The van der Waals surface area contributed by atoms with Crippen LogP contribution in [-0.4, -0.2) is 15.0 Å². The summed E-state index contributed by atoms with van der Waals surface area (Å²) in [5, 5.41) is 5.94. The molecule has 0 saturated carbocycles. The van der Waals surface area contributed by atoms with Crippen LogP contribution < -0.4 is 5.32 Å². The summed E-state index contributed by atoms with van der Waals surface area (Å²) in [7, 11) is 0. The highest BCUT2D eigenvalue weighted by molar-refractivity contribution is 7.09. The Bertz CT molecular complexity index is 452. The van der Waals surface area contributed by atoms with E-state index in [1.54, 1.807) is 17.5 Å². The van der Waals surface area contributed by atoms with E-state index in [1.165, 1.54) is 0 Å². The fraction of sp³-hybridized carbons (Fsp3) is 0.300. The third-order valence-corrected chi connectivity index (χ3v) is 3.11. The number of nitrogens with one attached hydrogen (secondary N) is 1. The van der Waals surface area contributed by atoms with Crippen molar-refractivity contribution in [3.05, 3.63) is 34.8 Å². The van der Waals surface area contributed by atoms with Gasteiger partial charge in [0.1, 0.15) is 5.01 Å². The largest absolute Gasteiger partial charge is 0.343 e. The minimum Gasteiger partial charge on any atom is -0.343 e. The Morgan fingerprint density at radius 1 is 1.25 bits per heavy atom. The van der Waals surface area contributed by atoms with E-state index in [1.807, 2.05) is 19.2 Å². The minimum absolute atomic E-state index is 0.369. The maximum Gasteiger partial charge on any atom is 0.223 e. The Morgan fingerprint density at radius 3 is 2.50 bits per heavy atom. The van der Waals surface area contributed by atoms with Gasteiger partial charge < -0.3 is 5.32 Å². The van der Waals surface area contributed by atoms with Crippen LogP contribution in [0.3, 0.4) is 0 Å². The molecule has 0 unspecified atom stereocenters. The molecule has 0 atom stereocenters. The quantitative estimate of drug-likeness (QED) is 0.892. The summed E-state index contributed by atoms with van der Waals surface area (Å²) < 4.78 is 12.6. The zero-order valence-corrected chi connectivity index (χ0v) is 9.75. The summed E-state index contributed by atoms with van der Waals surface area (Å²) in [5.74, 6) is -0.0563. The lowest BCUT2D eigenvalue weighted by Crippen LogP contribution is -2.28. The molecule has 0 radical (unpaired) electrons. The zero-order chi connectivity index (χ0) is 11.6. The summed E-state index contributed by atoms with van der Waals surface area (Å²) >= 11 is 1.55. The summed E-state index contributed by atoms with van der Waals surface area (Å²) in [6.07, 6.45) is 4.01. The molecule has 4 nitrogen and oxygen atoms in total. The first-order valence-electron chi connectivity index (χ1n) is 4.73. The first-order chi connectivity index (χ1) is 7.58. The second-order valence-corrected chi connectivity index (χ2v) is 4.71. The Hall–Kier alpha value is -1.56. The first-order valence-corrected chi connectivity index (χ1v) is 5.61. The van der Waals surface area contributed by atoms with Crippen LogP contribution in [0.1, 0.15) is 18.9 Å². The third kappa shape index (κ3) is 2.33. The molecule has 0 aliphatic heterocycles. The van der Waals surface area contributed by atoms with Crippen molar-refractivity contribution in [3.63, 3.8) is 0 Å². The van der Waals surface area contributed by atoms with Gasteiger partial charge in [0.2, 0.25) is 5.95 Å². The van der Waals surface area contributed by atoms with Crippen LogP contribution in [0.15, 0.2) is 24.0 Å². The van der Waals surface area contributed by atoms with E-state index in [9.17, 15) is 4.39 Å². The maximum atomic E-state index is 12.6. The van der Waals surface area contributed by atoms with Crippen LogP contribution in [0.25, 0.3) is 0 Å². The minimum atomic E-state index is -0.447. The number of halogens is 1. The summed E-state index contributed by atoms with van der Waals surface area (Å²) in [4.78, 5) is 11.9. The summed E-state index contributed by atoms with van der Waals surface area (Å²) in [5.41, 5.74) is -0.369. The molecule has 16 heavy (non-hydrogen) atoms. The molecule has 1 N–H and O–H groups in total. The molecule has 84 valence electrons. The van der Waals surface area contributed by atoms with Gasteiger partial charge >= 0.3 is 0 Å². The highest BCUT2D eigenvalue weighted by atomic mass is 32.1. The van der Waals surface area contributed by atoms with Crippen LogP contribution in [0, 0.1) is 5.82 Å². The number of hydrogen-bond acceptors (Lipinski definition) is 5. The van der Waals surface area contributed by atoms with Crippen LogP contribution in [0.4, 0.5) is 10.3 Å². The number of thiazole rings is 1. The molecular formula is C10H11FN4S. The van der Waals surface area contributed by atoms with Crippen molar-refractivity contribution >= 4 is 17.3 Å². The van der Waals surface area contributed by atoms with Gasteiger partial charge in [-0.05, 0) is 13.8 Å². The molecule has 0 aromatic carbocycles. The van der Waals surface area contributed by atoms with Gasteiger partial charge in [-0.15, -0.1) is 11.3 Å². The van der Waals surface area contributed by atoms with Crippen molar-refractivity contribution < 1.29 is 4.39 Å². The predicted octanol–water partition coefficient (Wildman–Crippen LogP) is 2.42. The van der Waals surface area contributed by atoms with Crippen molar-refractivity contribution in [3.8, 4) is 0 Å². The zero-order valence-electron chi connectivity index (χ0n) is 8.94. The lowest BCUT2D eigenvalue weighted by Gasteiger charge is -2.23. The second kappa shape index (κ2) is 4.13. The van der Waals surface area contributed by atoms with E-state index < -0.39 is 5.82 Å². The average Bonchev–Trinajstić information content (AvgIpc) is 2.75. The van der Waals surface area contributed by atoms with Gasteiger partial charge in [-0.3, -0.25) is 0 Å². The molecule has 0 aliphatic carbocycles. The topological polar surface area (TPSA) is 50.7 Å². The average molecular weight is 238 g/mol. The van der Waals surface area contributed by atoms with Crippen LogP contribution >= 0.6 is 11.3 Å². The molecule has 0 fully saturated rings. The molecule has 0 spiro atoms. The fourth-order valence-corrected chi connectivity index (χ4v) is 1.96. The summed E-state index contributed by atoms with van der Waals surface area (Å²) in [6, 6.07) is 0. The van der Waals surface area contributed by atoms with Crippen LogP contribution in [0.5, 0.6) is 0 Å². The van der Waals surface area contributed by atoms with Gasteiger partial charge in [0.15, 0.2) is 5.82 Å². The Kier molecular flexibility index (Phi) is 2.82. The lowest BCUT2D eigenvalue weighted by atomic mass is 10.1. The molecule has 2 rings (SSSR count). The van der Waals surface area contributed by atoms with Crippen molar-refractivity contribution in [2.75, 3.05) is 5.32 Å². The number of hydrogen-bond donors (Lipinski definition) is 1. The van der Waals surface area contributed by atoms with Crippen molar-refractivity contribution in [1.29, 1.82) is 0 Å². The van der Waals surface area contributed by atoms with E-state index in [-0.39, 0.29) is 5.54 Å². The van der Waals surface area contributed by atoms with E-state index >= 15 is 0 Å². The number of nitrogens with zero attached hydrogens (tertiary/aromatic N) is 3. The predicted molar refractivity (Wildman–Crippen MR) is 60.8 cm³/mol. The van der Waals surface area contributed by atoms with Crippen LogP contribution in [0.2, 0.25) is 0 Å². The summed E-state index contributed by atoms with van der Waals surface area (Å²) in [6.45, 7) is 3.94. The van der Waals surface area contributed by atoms with Gasteiger partial charge in [0.05, 0.1) is 17.9 Å². The number of anilines is 1.